The number of piperazine rings is 1. The van der Waals surface area contributed by atoms with E-state index in [9.17, 15) is 4.79 Å². The van der Waals surface area contributed by atoms with Crippen molar-refractivity contribution >= 4 is 44.8 Å². The summed E-state index contributed by atoms with van der Waals surface area (Å²) in [4.78, 5) is 34.0. The second-order valence-corrected chi connectivity index (χ2v) is 11.3. The highest BCUT2D eigenvalue weighted by Crippen LogP contribution is 2.44. The van der Waals surface area contributed by atoms with Gasteiger partial charge in [0.25, 0.3) is 5.91 Å². The second kappa shape index (κ2) is 10.1. The Morgan fingerprint density at radius 1 is 1.03 bits per heavy atom. The standard InChI is InChI=1S/C26H35N7OS/c1-17-5-7-18(8-6-17)23-20-13-22(27-16-21(20)35-24(23)25(34)31(2)3)30-26-28-14-19(15-29-26)33-11-9-32(4)10-12-33/h13-18H,5-12H2,1-4H3,(H,27,28,29,30)/t17-,18-. The number of likely N-dealkylation sites (N-methyl/N-ethyl adjacent to an activating group) is 1. The average molecular weight is 494 g/mol. The van der Waals surface area contributed by atoms with Crippen molar-refractivity contribution in [1.82, 2.24) is 24.8 Å². The van der Waals surface area contributed by atoms with E-state index in [1.165, 1.54) is 18.4 Å². The van der Waals surface area contributed by atoms with Crippen molar-refractivity contribution in [3.63, 3.8) is 0 Å². The minimum atomic E-state index is 0.0807. The van der Waals surface area contributed by atoms with E-state index in [2.05, 4.69) is 50.1 Å². The van der Waals surface area contributed by atoms with E-state index in [1.807, 2.05) is 32.7 Å². The number of thiophene rings is 1. The summed E-state index contributed by atoms with van der Waals surface area (Å²) in [6, 6.07) is 2.07. The summed E-state index contributed by atoms with van der Waals surface area (Å²) >= 11 is 1.57. The van der Waals surface area contributed by atoms with Crippen LogP contribution in [0.1, 0.15) is 53.8 Å². The minimum absolute atomic E-state index is 0.0807. The average Bonchev–Trinajstić information content (AvgIpc) is 3.24. The summed E-state index contributed by atoms with van der Waals surface area (Å²) < 4.78 is 1.06. The molecule has 0 unspecified atom stereocenters. The first-order valence-corrected chi connectivity index (χ1v) is 13.4. The molecule has 0 spiro atoms. The monoisotopic (exact) mass is 493 g/mol. The second-order valence-electron chi connectivity index (χ2n) is 10.2. The van der Waals surface area contributed by atoms with Crippen LogP contribution in [0.4, 0.5) is 17.5 Å². The molecule has 4 heterocycles. The molecule has 8 nitrogen and oxygen atoms in total. The molecule has 3 aromatic heterocycles. The molecular weight excluding hydrogens is 458 g/mol. The number of fused-ring (bicyclic) bond motifs is 1. The van der Waals surface area contributed by atoms with Crippen molar-refractivity contribution in [3.8, 4) is 0 Å². The van der Waals surface area contributed by atoms with Crippen LogP contribution < -0.4 is 10.2 Å². The van der Waals surface area contributed by atoms with E-state index >= 15 is 0 Å². The van der Waals surface area contributed by atoms with Crippen molar-refractivity contribution in [2.24, 2.45) is 5.92 Å². The molecule has 2 fully saturated rings. The molecule has 0 bridgehead atoms. The molecular formula is C26H35N7OS. The number of rotatable bonds is 5. The summed E-state index contributed by atoms with van der Waals surface area (Å²) in [5, 5.41) is 4.41. The van der Waals surface area contributed by atoms with Crippen LogP contribution in [0.5, 0.6) is 0 Å². The van der Waals surface area contributed by atoms with Crippen LogP contribution >= 0.6 is 11.3 Å². The normalized spacial score (nSPS) is 21.3. The number of nitrogens with zero attached hydrogens (tertiary/aromatic N) is 6. The van der Waals surface area contributed by atoms with Gasteiger partial charge in [0.1, 0.15) is 5.82 Å². The van der Waals surface area contributed by atoms with Gasteiger partial charge in [-0.05, 0) is 43.4 Å². The van der Waals surface area contributed by atoms with E-state index < -0.39 is 0 Å². The third-order valence-corrected chi connectivity index (χ3v) is 8.53. The van der Waals surface area contributed by atoms with E-state index in [0.29, 0.717) is 17.7 Å². The maximum absolute atomic E-state index is 13.1. The Morgan fingerprint density at radius 2 is 1.71 bits per heavy atom. The molecule has 0 aromatic carbocycles. The highest BCUT2D eigenvalue weighted by atomic mass is 32.1. The van der Waals surface area contributed by atoms with Crippen molar-refractivity contribution in [1.29, 1.82) is 0 Å². The number of carbonyl (C=O) groups is 1. The number of hydrogen-bond donors (Lipinski definition) is 1. The van der Waals surface area contributed by atoms with Gasteiger partial charge >= 0.3 is 0 Å². The van der Waals surface area contributed by atoms with Gasteiger partial charge in [-0.1, -0.05) is 19.8 Å². The number of hydrogen-bond acceptors (Lipinski definition) is 8. The van der Waals surface area contributed by atoms with Crippen LogP contribution in [-0.4, -0.2) is 78.0 Å². The van der Waals surface area contributed by atoms with Gasteiger partial charge in [0.05, 0.1) is 27.7 Å². The fourth-order valence-corrected chi connectivity index (χ4v) is 6.40. The summed E-state index contributed by atoms with van der Waals surface area (Å²) in [6.07, 6.45) is 10.3. The Kier molecular flexibility index (Phi) is 6.88. The van der Waals surface area contributed by atoms with Gasteiger partial charge in [-0.15, -0.1) is 11.3 Å². The summed E-state index contributed by atoms with van der Waals surface area (Å²) in [5.41, 5.74) is 2.25. The number of pyridine rings is 1. The van der Waals surface area contributed by atoms with Gasteiger partial charge in [-0.3, -0.25) is 4.79 Å². The molecule has 0 atom stereocenters. The van der Waals surface area contributed by atoms with Gasteiger partial charge < -0.3 is 20.0 Å². The highest BCUT2D eigenvalue weighted by Gasteiger charge is 2.29. The zero-order valence-electron chi connectivity index (χ0n) is 21.1. The first-order chi connectivity index (χ1) is 16.9. The van der Waals surface area contributed by atoms with Gasteiger partial charge in [0.15, 0.2) is 0 Å². The Hall–Kier alpha value is -2.78. The van der Waals surface area contributed by atoms with Crippen molar-refractivity contribution in [2.75, 3.05) is 57.5 Å². The predicted octanol–water partition coefficient (Wildman–Crippen LogP) is 4.58. The molecule has 2 aliphatic rings. The molecule has 1 saturated carbocycles. The number of carbonyl (C=O) groups excluding carboxylic acids is 1. The fraction of sp³-hybridized carbons (Fsp3) is 0.538. The molecule has 3 aromatic rings. The smallest absolute Gasteiger partial charge is 0.263 e. The fourth-order valence-electron chi connectivity index (χ4n) is 5.13. The van der Waals surface area contributed by atoms with Gasteiger partial charge in [-0.25, -0.2) is 15.0 Å². The van der Waals surface area contributed by atoms with Crippen LogP contribution in [0.3, 0.4) is 0 Å². The lowest BCUT2D eigenvalue weighted by Gasteiger charge is -2.33. The van der Waals surface area contributed by atoms with Crippen LogP contribution in [0.2, 0.25) is 0 Å². The molecule has 1 amide bonds. The number of amides is 1. The largest absolute Gasteiger partial charge is 0.366 e. The van der Waals surface area contributed by atoms with Crippen molar-refractivity contribution in [2.45, 2.75) is 38.5 Å². The van der Waals surface area contributed by atoms with Gasteiger partial charge in [0.2, 0.25) is 5.95 Å². The SMILES string of the molecule is CN1CCN(c2cnc(Nc3cc4c(cn3)sc(C(=O)N(C)C)c4[C@H]3CC[C@H](C)CC3)nc2)CC1. The van der Waals surface area contributed by atoms with E-state index in [0.717, 1.165) is 65.6 Å². The topological polar surface area (TPSA) is 77.5 Å². The quantitative estimate of drug-likeness (QED) is 0.558. The highest BCUT2D eigenvalue weighted by molar-refractivity contribution is 7.21. The van der Waals surface area contributed by atoms with Crippen LogP contribution in [0.15, 0.2) is 24.7 Å². The zero-order valence-corrected chi connectivity index (χ0v) is 21.9. The predicted molar refractivity (Wildman–Crippen MR) is 143 cm³/mol. The molecule has 0 radical (unpaired) electrons. The third kappa shape index (κ3) is 5.11. The lowest BCUT2D eigenvalue weighted by atomic mass is 9.78. The minimum Gasteiger partial charge on any atom is -0.366 e. The zero-order chi connectivity index (χ0) is 24.5. The van der Waals surface area contributed by atoms with Crippen LogP contribution in [0.25, 0.3) is 10.1 Å². The van der Waals surface area contributed by atoms with Crippen LogP contribution in [0, 0.1) is 5.92 Å². The van der Waals surface area contributed by atoms with Gasteiger partial charge in [-0.2, -0.15) is 0 Å². The van der Waals surface area contributed by atoms with Crippen LogP contribution in [-0.2, 0) is 0 Å². The lowest BCUT2D eigenvalue weighted by molar-refractivity contribution is 0.0830. The lowest BCUT2D eigenvalue weighted by Crippen LogP contribution is -2.44. The Balaban J connectivity index is 1.41. The Bertz CT molecular complexity index is 1180. The van der Waals surface area contributed by atoms with E-state index in [1.54, 1.807) is 16.2 Å². The Morgan fingerprint density at radius 3 is 2.37 bits per heavy atom. The summed E-state index contributed by atoms with van der Waals surface area (Å²) in [7, 11) is 5.80. The molecule has 186 valence electrons. The molecule has 1 aliphatic heterocycles. The maximum Gasteiger partial charge on any atom is 0.263 e. The van der Waals surface area contributed by atoms with E-state index in [-0.39, 0.29) is 5.91 Å². The number of nitrogens with one attached hydrogen (secondary N) is 1. The molecule has 1 N–H and O–H groups in total. The maximum atomic E-state index is 13.1. The molecule has 5 rings (SSSR count). The van der Waals surface area contributed by atoms with Crippen molar-refractivity contribution < 1.29 is 4.79 Å². The molecule has 1 aliphatic carbocycles. The number of anilines is 3. The summed E-state index contributed by atoms with van der Waals surface area (Å²) in [6.45, 7) is 6.39. The molecule has 35 heavy (non-hydrogen) atoms. The van der Waals surface area contributed by atoms with Crippen molar-refractivity contribution in [3.05, 3.63) is 35.1 Å². The first kappa shape index (κ1) is 23.9. The first-order valence-electron chi connectivity index (χ1n) is 12.6. The number of aromatic nitrogens is 3. The Labute approximate surface area is 211 Å². The third-order valence-electron chi connectivity index (χ3n) is 7.39. The summed E-state index contributed by atoms with van der Waals surface area (Å²) in [5.74, 6) is 2.49. The van der Waals surface area contributed by atoms with E-state index in [4.69, 9.17) is 0 Å². The van der Waals surface area contributed by atoms with Gasteiger partial charge in [0, 0.05) is 51.9 Å². The molecule has 9 heteroatoms. The molecule has 1 saturated heterocycles.